The number of fused-ring (bicyclic) bond motifs is 1. The second-order valence-corrected chi connectivity index (χ2v) is 6.64. The molecule has 1 amide bonds. The molecule has 4 rings (SSSR count). The maximum absolute atomic E-state index is 13.0. The molecule has 0 bridgehead atoms. The van der Waals surface area contributed by atoms with E-state index in [9.17, 15) is 4.79 Å². The van der Waals surface area contributed by atoms with Crippen LogP contribution in [0.15, 0.2) is 53.4 Å². The van der Waals surface area contributed by atoms with Crippen LogP contribution in [0.5, 0.6) is 5.75 Å². The van der Waals surface area contributed by atoms with Crippen molar-refractivity contribution >= 4 is 32.6 Å². The molecule has 8 nitrogen and oxygen atoms in total. The van der Waals surface area contributed by atoms with Crippen molar-refractivity contribution in [2.24, 2.45) is 0 Å². The number of carbonyl (C=O) groups excluding carboxylic acids is 1. The summed E-state index contributed by atoms with van der Waals surface area (Å²) in [5.74, 6) is 0.577. The van der Waals surface area contributed by atoms with Gasteiger partial charge in [0.2, 0.25) is 5.76 Å². The zero-order valence-corrected chi connectivity index (χ0v) is 15.4. The van der Waals surface area contributed by atoms with Crippen LogP contribution in [-0.2, 0) is 6.54 Å². The zero-order chi connectivity index (χ0) is 18.6. The van der Waals surface area contributed by atoms with E-state index in [1.807, 2.05) is 37.4 Å². The highest BCUT2D eigenvalue weighted by Crippen LogP contribution is 2.34. The van der Waals surface area contributed by atoms with Gasteiger partial charge in [0.15, 0.2) is 5.13 Å². The number of benzene rings is 1. The molecule has 0 unspecified atom stereocenters. The van der Waals surface area contributed by atoms with Crippen LogP contribution in [0, 0.1) is 0 Å². The predicted octanol–water partition coefficient (Wildman–Crippen LogP) is 3.23. The van der Waals surface area contributed by atoms with Crippen molar-refractivity contribution in [1.82, 2.24) is 19.9 Å². The summed E-state index contributed by atoms with van der Waals surface area (Å²) in [5.41, 5.74) is 0.744. The molecule has 0 aliphatic heterocycles. The fraction of sp³-hybridized carbons (Fsp3) is 0.222. The molecule has 4 aromatic rings. The van der Waals surface area contributed by atoms with E-state index in [2.05, 4.69) is 15.2 Å². The molecule has 0 aliphatic carbocycles. The Kier molecular flexibility index (Phi) is 4.84. The Morgan fingerprint density at radius 3 is 2.96 bits per heavy atom. The number of para-hydroxylation sites is 1. The van der Waals surface area contributed by atoms with Crippen LogP contribution in [0.25, 0.3) is 10.2 Å². The molecule has 0 atom stereocenters. The maximum Gasteiger partial charge on any atom is 0.298 e. The molecule has 3 heterocycles. The van der Waals surface area contributed by atoms with Gasteiger partial charge in [0.1, 0.15) is 11.3 Å². The average molecular weight is 383 g/mol. The molecule has 0 fully saturated rings. The fourth-order valence-electron chi connectivity index (χ4n) is 2.68. The van der Waals surface area contributed by atoms with Crippen LogP contribution >= 0.6 is 11.3 Å². The lowest BCUT2D eigenvalue weighted by Crippen LogP contribution is -2.33. The number of hydrogen-bond donors (Lipinski definition) is 0. The van der Waals surface area contributed by atoms with E-state index >= 15 is 0 Å². The Morgan fingerprint density at radius 1 is 1.30 bits per heavy atom. The summed E-state index contributed by atoms with van der Waals surface area (Å²) < 4.78 is 13.4. The summed E-state index contributed by atoms with van der Waals surface area (Å²) in [6.07, 6.45) is 5.00. The van der Waals surface area contributed by atoms with Crippen molar-refractivity contribution in [3.8, 4) is 5.75 Å². The first-order chi connectivity index (χ1) is 13.3. The molecule has 138 valence electrons. The number of rotatable bonds is 7. The van der Waals surface area contributed by atoms with Crippen LogP contribution in [0.3, 0.4) is 0 Å². The Balaban J connectivity index is 1.69. The van der Waals surface area contributed by atoms with E-state index < -0.39 is 0 Å². The van der Waals surface area contributed by atoms with Gasteiger partial charge in [0.25, 0.3) is 5.91 Å². The highest BCUT2D eigenvalue weighted by molar-refractivity contribution is 7.22. The van der Waals surface area contributed by atoms with Crippen LogP contribution in [-0.4, -0.2) is 39.0 Å². The average Bonchev–Trinajstić information content (AvgIpc) is 3.43. The highest BCUT2D eigenvalue weighted by Gasteiger charge is 2.24. The van der Waals surface area contributed by atoms with Gasteiger partial charge in [-0.2, -0.15) is 5.10 Å². The van der Waals surface area contributed by atoms with Gasteiger partial charge in [0, 0.05) is 25.0 Å². The van der Waals surface area contributed by atoms with Gasteiger partial charge in [-0.3, -0.25) is 14.4 Å². The number of anilines is 1. The number of ether oxygens (including phenoxy) is 1. The summed E-state index contributed by atoms with van der Waals surface area (Å²) >= 11 is 1.43. The van der Waals surface area contributed by atoms with E-state index in [-0.39, 0.29) is 11.7 Å². The van der Waals surface area contributed by atoms with Gasteiger partial charge in [-0.1, -0.05) is 22.6 Å². The Morgan fingerprint density at radius 2 is 2.22 bits per heavy atom. The monoisotopic (exact) mass is 383 g/mol. The van der Waals surface area contributed by atoms with Crippen molar-refractivity contribution in [2.45, 2.75) is 13.5 Å². The molecule has 9 heteroatoms. The first-order valence-corrected chi connectivity index (χ1v) is 9.30. The van der Waals surface area contributed by atoms with Crippen molar-refractivity contribution in [1.29, 1.82) is 0 Å². The third kappa shape index (κ3) is 3.54. The van der Waals surface area contributed by atoms with Gasteiger partial charge in [-0.15, -0.1) is 0 Å². The second kappa shape index (κ2) is 7.58. The number of aromatic nitrogens is 4. The third-order valence-electron chi connectivity index (χ3n) is 3.91. The summed E-state index contributed by atoms with van der Waals surface area (Å²) in [5, 5.41) is 8.40. The summed E-state index contributed by atoms with van der Waals surface area (Å²) in [4.78, 5) is 19.2. The lowest BCUT2D eigenvalue weighted by molar-refractivity contribution is 0.0950. The zero-order valence-electron chi connectivity index (χ0n) is 14.6. The third-order valence-corrected chi connectivity index (χ3v) is 4.95. The summed E-state index contributed by atoms with van der Waals surface area (Å²) in [6, 6.07) is 9.14. The van der Waals surface area contributed by atoms with Gasteiger partial charge in [0.05, 0.1) is 24.0 Å². The molecular formula is C18H17N5O3S. The molecule has 27 heavy (non-hydrogen) atoms. The standard InChI is InChI=1S/C18H17N5O3S/c1-2-25-13-5-3-6-15-16(13)21-18(27-15)23(12-11-22-10-4-8-19-22)17(24)14-7-9-20-26-14/h3-10H,2,11-12H2,1H3. The Labute approximate surface area is 159 Å². The number of amides is 1. The summed E-state index contributed by atoms with van der Waals surface area (Å²) in [6.45, 7) is 3.40. The fourth-order valence-corrected chi connectivity index (χ4v) is 3.68. The second-order valence-electron chi connectivity index (χ2n) is 5.63. The minimum absolute atomic E-state index is 0.166. The molecule has 1 aromatic carbocycles. The molecule has 0 saturated carbocycles. The SMILES string of the molecule is CCOc1cccc2sc(N(CCn3cccn3)C(=O)c3ccno3)nc12. The highest BCUT2D eigenvalue weighted by atomic mass is 32.1. The lowest BCUT2D eigenvalue weighted by atomic mass is 10.3. The summed E-state index contributed by atoms with van der Waals surface area (Å²) in [7, 11) is 0. The van der Waals surface area contributed by atoms with Crippen molar-refractivity contribution in [3.05, 3.63) is 54.7 Å². The largest absolute Gasteiger partial charge is 0.492 e. The van der Waals surface area contributed by atoms with Crippen LogP contribution in [0.1, 0.15) is 17.5 Å². The van der Waals surface area contributed by atoms with E-state index in [4.69, 9.17) is 9.26 Å². The number of hydrogen-bond acceptors (Lipinski definition) is 7. The molecular weight excluding hydrogens is 366 g/mol. The van der Waals surface area contributed by atoms with Gasteiger partial charge >= 0.3 is 0 Å². The maximum atomic E-state index is 13.0. The van der Waals surface area contributed by atoms with Gasteiger partial charge in [-0.25, -0.2) is 4.98 Å². The van der Waals surface area contributed by atoms with Crippen LogP contribution < -0.4 is 9.64 Å². The quantitative estimate of drug-likeness (QED) is 0.487. The molecule has 0 spiro atoms. The van der Waals surface area contributed by atoms with E-state index in [1.165, 1.54) is 17.5 Å². The van der Waals surface area contributed by atoms with Crippen molar-refractivity contribution in [3.63, 3.8) is 0 Å². The molecule has 0 aliphatic rings. The minimum Gasteiger partial charge on any atom is -0.492 e. The normalized spacial score (nSPS) is 11.0. The smallest absolute Gasteiger partial charge is 0.298 e. The van der Waals surface area contributed by atoms with E-state index in [1.54, 1.807) is 21.8 Å². The first kappa shape index (κ1) is 17.2. The Bertz CT molecular complexity index is 1030. The molecule has 0 saturated heterocycles. The Hall–Kier alpha value is -3.20. The van der Waals surface area contributed by atoms with E-state index in [0.717, 1.165) is 10.2 Å². The molecule has 3 aromatic heterocycles. The van der Waals surface area contributed by atoms with Crippen LogP contribution in [0.4, 0.5) is 5.13 Å². The first-order valence-electron chi connectivity index (χ1n) is 8.48. The molecule has 0 N–H and O–H groups in total. The van der Waals surface area contributed by atoms with Gasteiger partial charge < -0.3 is 9.26 Å². The van der Waals surface area contributed by atoms with E-state index in [0.29, 0.717) is 30.6 Å². The van der Waals surface area contributed by atoms with Crippen LogP contribution in [0.2, 0.25) is 0 Å². The number of carbonyl (C=O) groups is 1. The minimum atomic E-state index is -0.295. The number of thiazole rings is 1. The topological polar surface area (TPSA) is 86.3 Å². The van der Waals surface area contributed by atoms with Gasteiger partial charge in [-0.05, 0) is 25.1 Å². The lowest BCUT2D eigenvalue weighted by Gasteiger charge is -2.18. The predicted molar refractivity (Wildman–Crippen MR) is 101 cm³/mol. The van der Waals surface area contributed by atoms with Crippen molar-refractivity contribution in [2.75, 3.05) is 18.1 Å². The van der Waals surface area contributed by atoms with Crippen molar-refractivity contribution < 1.29 is 14.1 Å². The number of nitrogens with zero attached hydrogens (tertiary/aromatic N) is 5. The molecule has 0 radical (unpaired) electrons.